The van der Waals surface area contributed by atoms with E-state index in [1.54, 1.807) is 0 Å². The van der Waals surface area contributed by atoms with E-state index in [0.717, 1.165) is 34.6 Å². The zero-order chi connectivity index (χ0) is 101. The lowest BCUT2D eigenvalue weighted by Crippen LogP contribution is -2.71. The van der Waals surface area contributed by atoms with Gasteiger partial charge in [0.25, 0.3) is 0 Å². The van der Waals surface area contributed by atoms with E-state index in [-0.39, 0.29) is 0 Å². The third kappa shape index (κ3) is 26.1. The molecule has 54 atom stereocenters. The first kappa shape index (κ1) is 114. The van der Waals surface area contributed by atoms with Crippen LogP contribution in [-0.4, -0.2) is 598 Å². The second-order valence-electron chi connectivity index (χ2n) is 34.3. The quantitative estimate of drug-likeness (QED) is 0.0271. The summed E-state index contributed by atoms with van der Waals surface area (Å²) in [6.07, 6.45) is -108. The molecule has 10 heterocycles. The Labute approximate surface area is 776 Å². The van der Waals surface area contributed by atoms with Crippen LogP contribution in [0.4, 0.5) is 0 Å². The summed E-state index contributed by atoms with van der Waals surface area (Å²) >= 11 is 0. The van der Waals surface area contributed by atoms with Crippen LogP contribution < -0.4 is 26.6 Å². The lowest BCUT2D eigenvalue weighted by molar-refractivity contribution is -0.406. The predicted molar refractivity (Wildman–Crippen MR) is 423 cm³/mol. The van der Waals surface area contributed by atoms with Gasteiger partial charge >= 0.3 is 0 Å². The summed E-state index contributed by atoms with van der Waals surface area (Å²) in [6.45, 7) is -9.83. The van der Waals surface area contributed by atoms with Crippen LogP contribution >= 0.6 is 0 Å². The lowest BCUT2D eigenvalue weighted by Gasteiger charge is -2.52. The highest BCUT2D eigenvalue weighted by Crippen LogP contribution is 2.42. The van der Waals surface area contributed by atoms with Crippen LogP contribution in [0.3, 0.4) is 0 Å². The molecule has 0 bridgehead atoms. The van der Waals surface area contributed by atoms with Crippen molar-refractivity contribution in [1.29, 1.82) is 0 Å². The molecule has 61 nitrogen and oxygen atoms in total. The second-order valence-corrected chi connectivity index (χ2v) is 34.3. The lowest BCUT2D eigenvalue weighted by atomic mass is 9.93. The van der Waals surface area contributed by atoms with Gasteiger partial charge in [-0.25, -0.2) is 0 Å². The van der Waals surface area contributed by atoms with E-state index in [9.17, 15) is 182 Å². The molecule has 0 unspecified atom stereocenters. The Hall–Kier alpha value is -4.69. The fraction of sp³-hybridized carbons (Fsp3) is 0.934. The van der Waals surface area contributed by atoms with Crippen molar-refractivity contribution < 1.29 is 277 Å². The minimum atomic E-state index is -2.78. The van der Waals surface area contributed by atoms with E-state index in [4.69, 9.17) is 94.7 Å². The zero-order valence-electron chi connectivity index (χ0n) is 73.7. The van der Waals surface area contributed by atoms with Gasteiger partial charge in [-0.3, -0.25) is 24.0 Å². The molecule has 0 aromatic heterocycles. The van der Waals surface area contributed by atoms with Crippen LogP contribution in [-0.2, 0) is 119 Å². The molecule has 61 heteroatoms. The summed E-state index contributed by atoms with van der Waals surface area (Å²) in [5.41, 5.74) is 0. The summed E-state index contributed by atoms with van der Waals surface area (Å²) in [7, 11) is 0. The molecule has 137 heavy (non-hydrogen) atoms. The van der Waals surface area contributed by atoms with Gasteiger partial charge in [-0.1, -0.05) is 0 Å². The molecule has 0 saturated carbocycles. The molecular formula is C76H129N5O56. The van der Waals surface area contributed by atoms with E-state index >= 15 is 0 Å². The van der Waals surface area contributed by atoms with Gasteiger partial charge in [-0.2, -0.15) is 0 Å². The van der Waals surface area contributed by atoms with Crippen LogP contribution in [0.1, 0.15) is 34.6 Å². The highest BCUT2D eigenvalue weighted by molar-refractivity contribution is 5.75. The van der Waals surface area contributed by atoms with Gasteiger partial charge in [0.2, 0.25) is 29.5 Å². The first-order valence-electron chi connectivity index (χ1n) is 43.6. The monoisotopic (exact) mass is 2010 g/mol. The molecule has 10 fully saturated rings. The number of carbonyl (C=O) groups excluding carboxylic acids is 5. The molecular weight excluding hydrogens is 1880 g/mol. The minimum Gasteiger partial charge on any atom is -0.394 e. The molecule has 10 aliphatic heterocycles. The Morgan fingerprint density at radius 2 is 0.511 bits per heavy atom. The van der Waals surface area contributed by atoms with Crippen molar-refractivity contribution in [3.63, 3.8) is 0 Å². The molecule has 0 aromatic rings. The van der Waals surface area contributed by atoms with E-state index in [1.807, 2.05) is 0 Å². The smallest absolute Gasteiger partial charge is 0.217 e. The number of aliphatic hydroxyl groups is 31. The van der Waals surface area contributed by atoms with Gasteiger partial charge in [0.15, 0.2) is 62.9 Å². The first-order chi connectivity index (χ1) is 64.8. The predicted octanol–water partition coefficient (Wildman–Crippen LogP) is -24.6. The van der Waals surface area contributed by atoms with Crippen LogP contribution in [0.15, 0.2) is 0 Å². The van der Waals surface area contributed by atoms with E-state index in [2.05, 4.69) is 26.6 Å². The number of nitrogens with one attached hydrogen (secondary N) is 5. The van der Waals surface area contributed by atoms with Crippen LogP contribution in [0.2, 0.25) is 0 Å². The largest absolute Gasteiger partial charge is 0.394 e. The second kappa shape index (κ2) is 50.9. The normalized spacial score (nSPS) is 46.5. The zero-order valence-corrected chi connectivity index (χ0v) is 73.7. The number of rotatable bonds is 40. The maximum absolute atomic E-state index is 13.4. The van der Waals surface area contributed by atoms with Crippen molar-refractivity contribution in [2.24, 2.45) is 0 Å². The maximum atomic E-state index is 13.4. The molecule has 0 spiro atoms. The fourth-order valence-corrected chi connectivity index (χ4v) is 17.4. The van der Waals surface area contributed by atoms with Crippen molar-refractivity contribution in [3.05, 3.63) is 0 Å². The van der Waals surface area contributed by atoms with Crippen molar-refractivity contribution in [2.45, 2.75) is 366 Å². The molecule has 10 saturated heterocycles. The SMILES string of the molecule is CC(=O)N[C@H]1[C@H](O[C@@H]([C@H](O)[C@H](CO)NC(C)=O)[C@H](O)CO)O[C@H](CO)[C@@H](O[C@H]2O[C@H](CO[C@H]3O[C@H](CO)[C@@H](O)[C@H](O)[C@@H]3O[C@@H]3O[C@H](CO)[C@@H](O[C@@H]4O[C@H](CO)[C@H](O)[C@H](O)[C@H]4O)[C@H](O)[C@H]3NC(C)=O)[C@@H](O)[C@H](O[C@H]3O[C@H](CO)[C@@H](O[C@@H]4O[C@H](CO)[C@@H](O[C@@H]5O[C@H](CO)[C@H](O)[C@H](O)[C@H]5O)[C@H](O)[C@H]4NC(C)=O)[C@H](O)[C@@H]3O[C@@H]3O[C@H](CO)[C@@H](O[C@@H]4O[C@H](CO)[C@H](O)[C@H](O)[C@H]4O)[C@H](O)[C@H]3NC(C)=O)[C@@H]2O)[C@@H]1O. The maximum Gasteiger partial charge on any atom is 0.217 e. The average molecular weight is 2010 g/mol. The average Bonchev–Trinajstić information content (AvgIpc) is 0.761. The summed E-state index contributed by atoms with van der Waals surface area (Å²) in [6, 6.07) is -9.99. The molecule has 0 aromatic carbocycles. The van der Waals surface area contributed by atoms with E-state index < -0.39 is 440 Å². The third-order valence-corrected chi connectivity index (χ3v) is 24.6. The van der Waals surface area contributed by atoms with Crippen LogP contribution in [0, 0.1) is 0 Å². The first-order valence-corrected chi connectivity index (χ1v) is 43.6. The molecule has 10 aliphatic rings. The summed E-state index contributed by atoms with van der Waals surface area (Å²) < 4.78 is 120. The van der Waals surface area contributed by atoms with Gasteiger partial charge in [-0.15, -0.1) is 0 Å². The molecule has 0 aliphatic carbocycles. The Balaban J connectivity index is 1.06. The fourth-order valence-electron chi connectivity index (χ4n) is 17.4. The van der Waals surface area contributed by atoms with Crippen LogP contribution in [0.5, 0.6) is 0 Å². The van der Waals surface area contributed by atoms with Gasteiger partial charge in [0, 0.05) is 34.6 Å². The molecule has 5 amide bonds. The minimum absolute atomic E-state index is 0.856. The number of amides is 5. The van der Waals surface area contributed by atoms with Crippen molar-refractivity contribution >= 4 is 29.5 Å². The Kier molecular flexibility index (Phi) is 42.4. The summed E-state index contributed by atoms with van der Waals surface area (Å²) in [5, 5.41) is 359. The standard InChI is InChI=1S/C76H129N5O56/c1-18(93)77-23(6-82)39(99)58(24(98)7-83)129-67-35(78-19(2)94)45(105)62(32(15-91)123-67)134-74-57(117)64(44(104)34(128-74)17-118-75-65(52(112)43(103)28(11-87)122-75)136-69-37(80-21(4)96)47(107)60(30(13-89)125-69)132-72-54(114)50(110)41(101)26(9-85)120-72)135-76-66(137-70-38(81-22(5)97)48(108)61(31(14-90)126-70)133-73-55(115)51(111)42(102)27(10-86)121-73)56(116)63(33(16-92)127-76)130-68-36(79-20(3)95)46(106)59(29(12-88)124-68)131-71-53(113)49(109)40(100)25(8-84)119-71/h23-76,82-92,98-117H,6-17H2,1-5H3,(H,77,93)(H,78,94)(H,79,95)(H,80,96)(H,81,97)/t23-,24+,25+,26+,27+,28+,29+,30+,31+,32+,33+,34+,35+,36+,37+,38+,39+,40-,41-,42-,43+,44+,45+,46+,47+,48+,49-,50-,51-,52-,53+,54+,55+,56-,57-,58+,59+,60+,61+,62+,63+,64-,65-,66-,67-,68-,69-,70-,71-,72-,73-,74+,75-,76+/m0/s1. The van der Waals surface area contributed by atoms with Crippen LogP contribution in [0.25, 0.3) is 0 Å². The van der Waals surface area contributed by atoms with E-state index in [1.165, 1.54) is 0 Å². The Bertz CT molecular complexity index is 3730. The number of hydrogen-bond donors (Lipinski definition) is 36. The number of carbonyl (C=O) groups is 5. The van der Waals surface area contributed by atoms with Crippen molar-refractivity contribution in [2.75, 3.05) is 79.3 Å². The van der Waals surface area contributed by atoms with Crippen molar-refractivity contribution in [1.82, 2.24) is 26.6 Å². The van der Waals surface area contributed by atoms with Crippen molar-refractivity contribution in [3.8, 4) is 0 Å². The molecule has 0 radical (unpaired) electrons. The number of ether oxygens (including phenoxy) is 20. The highest BCUT2D eigenvalue weighted by atomic mass is 16.8. The molecule has 36 N–H and O–H groups in total. The van der Waals surface area contributed by atoms with Gasteiger partial charge in [-0.05, 0) is 0 Å². The Morgan fingerprint density at radius 3 is 0.832 bits per heavy atom. The highest BCUT2D eigenvalue weighted by Gasteiger charge is 2.63. The third-order valence-electron chi connectivity index (χ3n) is 24.6. The molecule has 794 valence electrons. The number of hydrogen-bond acceptors (Lipinski definition) is 56. The van der Waals surface area contributed by atoms with E-state index in [0.29, 0.717) is 0 Å². The topological polar surface area (TPSA) is 957 Å². The van der Waals surface area contributed by atoms with Gasteiger partial charge in [0.1, 0.15) is 262 Å². The molecule has 10 rings (SSSR count). The van der Waals surface area contributed by atoms with Gasteiger partial charge < -0.3 is 280 Å². The Morgan fingerprint density at radius 1 is 0.248 bits per heavy atom. The summed E-state index contributed by atoms with van der Waals surface area (Å²) in [4.78, 5) is 65.1. The van der Waals surface area contributed by atoms with Gasteiger partial charge in [0.05, 0.1) is 85.3 Å². The number of aliphatic hydroxyl groups excluding tert-OH is 31. The summed E-state index contributed by atoms with van der Waals surface area (Å²) in [5.74, 6) is -4.99.